The van der Waals surface area contributed by atoms with Crippen molar-refractivity contribution in [3.63, 3.8) is 0 Å². The Balaban J connectivity index is 2.40. The van der Waals surface area contributed by atoms with Gasteiger partial charge in [-0.05, 0) is 18.2 Å². The number of rotatable bonds is 8. The van der Waals surface area contributed by atoms with E-state index in [2.05, 4.69) is 5.32 Å². The number of nitrogens with one attached hydrogen (secondary N) is 1. The predicted octanol–water partition coefficient (Wildman–Crippen LogP) is 2.27. The van der Waals surface area contributed by atoms with E-state index in [0.717, 1.165) is 0 Å². The zero-order valence-corrected chi connectivity index (χ0v) is 15.4. The molecular formula is C19H21N3O5. The fraction of sp³-hybridized carbons (Fsp3) is 0.263. The third kappa shape index (κ3) is 4.68. The lowest BCUT2D eigenvalue weighted by Crippen LogP contribution is -2.28. The lowest BCUT2D eigenvalue weighted by molar-refractivity contribution is -0.384. The van der Waals surface area contributed by atoms with Gasteiger partial charge in [0.1, 0.15) is 5.69 Å². The highest BCUT2D eigenvalue weighted by Gasteiger charge is 2.22. The zero-order valence-electron chi connectivity index (χ0n) is 15.4. The summed E-state index contributed by atoms with van der Waals surface area (Å²) in [5.74, 6) is -0.865. The molecule has 8 nitrogen and oxygen atoms in total. The van der Waals surface area contributed by atoms with Crippen LogP contribution < -0.4 is 10.2 Å². The molecule has 2 aromatic carbocycles. The summed E-state index contributed by atoms with van der Waals surface area (Å²) in [6.45, 7) is 0.654. The first-order chi connectivity index (χ1) is 12.9. The number of ether oxygens (including phenoxy) is 1. The minimum atomic E-state index is -0.532. The number of amides is 1. The Morgan fingerprint density at radius 3 is 2.41 bits per heavy atom. The van der Waals surface area contributed by atoms with Crippen LogP contribution in [0.1, 0.15) is 26.3 Å². The maximum absolute atomic E-state index is 12.9. The van der Waals surface area contributed by atoms with Gasteiger partial charge in [-0.1, -0.05) is 18.2 Å². The highest BCUT2D eigenvalue weighted by molar-refractivity contribution is 6.15. The topological polar surface area (TPSA) is 102 Å². The van der Waals surface area contributed by atoms with Crippen LogP contribution in [0.3, 0.4) is 0 Å². The van der Waals surface area contributed by atoms with Gasteiger partial charge in [0.25, 0.3) is 11.6 Å². The van der Waals surface area contributed by atoms with Gasteiger partial charge in [0, 0.05) is 44.9 Å². The van der Waals surface area contributed by atoms with Crippen molar-refractivity contribution in [3.05, 3.63) is 69.3 Å². The molecule has 0 heterocycles. The van der Waals surface area contributed by atoms with Crippen LogP contribution in [0.2, 0.25) is 0 Å². The molecule has 142 valence electrons. The van der Waals surface area contributed by atoms with Gasteiger partial charge in [0.2, 0.25) is 0 Å². The van der Waals surface area contributed by atoms with Gasteiger partial charge in [0.05, 0.1) is 17.1 Å². The number of hydrogen-bond acceptors (Lipinski definition) is 6. The molecule has 1 amide bonds. The summed E-state index contributed by atoms with van der Waals surface area (Å²) in [5, 5.41) is 14.0. The van der Waals surface area contributed by atoms with Crippen LogP contribution >= 0.6 is 0 Å². The van der Waals surface area contributed by atoms with Crippen LogP contribution in [0.4, 0.5) is 11.4 Å². The van der Waals surface area contributed by atoms with Crippen LogP contribution in [0.5, 0.6) is 0 Å². The Bertz CT molecular complexity index is 864. The molecule has 0 aromatic heterocycles. The summed E-state index contributed by atoms with van der Waals surface area (Å²) in [5.41, 5.74) is 0.747. The van der Waals surface area contributed by atoms with Crippen molar-refractivity contribution in [2.45, 2.75) is 0 Å². The van der Waals surface area contributed by atoms with Crippen molar-refractivity contribution in [2.75, 3.05) is 39.3 Å². The third-order valence-corrected chi connectivity index (χ3v) is 3.92. The van der Waals surface area contributed by atoms with Gasteiger partial charge in [-0.25, -0.2) is 0 Å². The summed E-state index contributed by atoms with van der Waals surface area (Å²) in [4.78, 5) is 37.7. The Kier molecular flexibility index (Phi) is 6.62. The minimum Gasteiger partial charge on any atom is -0.383 e. The number of nitrogens with zero attached hydrogens (tertiary/aromatic N) is 2. The van der Waals surface area contributed by atoms with E-state index in [1.165, 1.54) is 37.4 Å². The van der Waals surface area contributed by atoms with E-state index in [1.54, 1.807) is 31.1 Å². The summed E-state index contributed by atoms with van der Waals surface area (Å²) in [6.07, 6.45) is 0. The third-order valence-electron chi connectivity index (χ3n) is 3.92. The standard InChI is InChI=1S/C19H21N3O5/c1-21(2)16-9-8-13(12-17(16)22(25)26)18(23)14-6-4-5-7-15(14)19(24)20-10-11-27-3/h4-9,12H,10-11H2,1-3H3,(H,20,24). The molecule has 1 N–H and O–H groups in total. The summed E-state index contributed by atoms with van der Waals surface area (Å²) in [6, 6.07) is 10.6. The fourth-order valence-corrected chi connectivity index (χ4v) is 2.59. The molecule has 0 saturated heterocycles. The lowest BCUT2D eigenvalue weighted by Gasteiger charge is -2.14. The fourth-order valence-electron chi connectivity index (χ4n) is 2.59. The molecule has 0 saturated carbocycles. The van der Waals surface area contributed by atoms with Crippen molar-refractivity contribution in [1.29, 1.82) is 0 Å². The molecule has 0 aliphatic rings. The molecule has 0 bridgehead atoms. The number of hydrogen-bond donors (Lipinski definition) is 1. The monoisotopic (exact) mass is 371 g/mol. The van der Waals surface area contributed by atoms with Crippen molar-refractivity contribution in [3.8, 4) is 0 Å². The predicted molar refractivity (Wildman–Crippen MR) is 102 cm³/mol. The SMILES string of the molecule is COCCNC(=O)c1ccccc1C(=O)c1ccc(N(C)C)c([N+](=O)[O-])c1. The molecule has 0 spiro atoms. The number of ketones is 1. The maximum atomic E-state index is 12.9. The van der Waals surface area contributed by atoms with Crippen LogP contribution in [-0.2, 0) is 4.74 Å². The molecule has 27 heavy (non-hydrogen) atoms. The van der Waals surface area contributed by atoms with E-state index in [4.69, 9.17) is 4.74 Å². The van der Waals surface area contributed by atoms with Gasteiger partial charge < -0.3 is 15.0 Å². The molecule has 0 atom stereocenters. The lowest BCUT2D eigenvalue weighted by atomic mass is 9.97. The summed E-state index contributed by atoms with van der Waals surface area (Å²) >= 11 is 0. The first-order valence-electron chi connectivity index (χ1n) is 8.23. The van der Waals surface area contributed by atoms with Gasteiger partial charge in [-0.3, -0.25) is 19.7 Å². The Labute approximate surface area is 156 Å². The Morgan fingerprint density at radius 2 is 1.81 bits per heavy atom. The average Bonchev–Trinajstić information content (AvgIpc) is 2.66. The number of methoxy groups -OCH3 is 1. The maximum Gasteiger partial charge on any atom is 0.293 e. The van der Waals surface area contributed by atoms with E-state index in [9.17, 15) is 19.7 Å². The van der Waals surface area contributed by atoms with E-state index < -0.39 is 16.6 Å². The Hall–Kier alpha value is -3.26. The van der Waals surface area contributed by atoms with Crippen LogP contribution in [0, 0.1) is 10.1 Å². The molecule has 0 radical (unpaired) electrons. The highest BCUT2D eigenvalue weighted by Crippen LogP contribution is 2.29. The molecule has 0 fully saturated rings. The normalized spacial score (nSPS) is 10.3. The first-order valence-corrected chi connectivity index (χ1v) is 8.23. The Morgan fingerprint density at radius 1 is 1.15 bits per heavy atom. The summed E-state index contributed by atoms with van der Waals surface area (Å²) in [7, 11) is 4.89. The number of carbonyl (C=O) groups excluding carboxylic acids is 2. The number of nitro benzene ring substituents is 1. The van der Waals surface area contributed by atoms with Gasteiger partial charge >= 0.3 is 0 Å². The average molecular weight is 371 g/mol. The summed E-state index contributed by atoms with van der Waals surface area (Å²) < 4.78 is 4.89. The quantitative estimate of drug-likeness (QED) is 0.331. The number of benzene rings is 2. The zero-order chi connectivity index (χ0) is 20.0. The smallest absolute Gasteiger partial charge is 0.293 e. The van der Waals surface area contributed by atoms with Crippen molar-refractivity contribution in [2.24, 2.45) is 0 Å². The van der Waals surface area contributed by atoms with Crippen LogP contribution in [0.15, 0.2) is 42.5 Å². The minimum absolute atomic E-state index is 0.143. The largest absolute Gasteiger partial charge is 0.383 e. The highest BCUT2D eigenvalue weighted by atomic mass is 16.6. The van der Waals surface area contributed by atoms with Gasteiger partial charge in [-0.15, -0.1) is 0 Å². The molecule has 8 heteroatoms. The second-order valence-electron chi connectivity index (χ2n) is 5.98. The van der Waals surface area contributed by atoms with E-state index in [1.807, 2.05) is 0 Å². The second-order valence-corrected chi connectivity index (χ2v) is 5.98. The van der Waals surface area contributed by atoms with Gasteiger partial charge in [0.15, 0.2) is 5.78 Å². The van der Waals surface area contributed by atoms with Crippen molar-refractivity contribution < 1.29 is 19.2 Å². The van der Waals surface area contributed by atoms with E-state index >= 15 is 0 Å². The van der Waals surface area contributed by atoms with Crippen LogP contribution in [0.25, 0.3) is 0 Å². The molecule has 2 aromatic rings. The van der Waals surface area contributed by atoms with E-state index in [-0.39, 0.29) is 22.4 Å². The number of anilines is 1. The molecule has 0 unspecified atom stereocenters. The van der Waals surface area contributed by atoms with Crippen LogP contribution in [-0.4, -0.2) is 51.0 Å². The van der Waals surface area contributed by atoms with E-state index in [0.29, 0.717) is 18.8 Å². The number of nitro groups is 1. The van der Waals surface area contributed by atoms with Gasteiger partial charge in [-0.2, -0.15) is 0 Å². The van der Waals surface area contributed by atoms with Crippen molar-refractivity contribution in [1.82, 2.24) is 5.32 Å². The molecule has 2 rings (SSSR count). The first kappa shape index (κ1) is 20.1. The number of carbonyl (C=O) groups is 2. The second kappa shape index (κ2) is 8.91. The molecule has 0 aliphatic carbocycles. The molecule has 0 aliphatic heterocycles. The van der Waals surface area contributed by atoms with Crippen molar-refractivity contribution >= 4 is 23.1 Å². The molecular weight excluding hydrogens is 350 g/mol.